The molecule has 0 saturated heterocycles. The van der Waals surface area contributed by atoms with Crippen molar-refractivity contribution < 1.29 is 32.7 Å². The van der Waals surface area contributed by atoms with Crippen molar-refractivity contribution in [3.63, 3.8) is 0 Å². The van der Waals surface area contributed by atoms with Crippen LogP contribution in [0.5, 0.6) is 0 Å². The van der Waals surface area contributed by atoms with E-state index in [1.165, 1.54) is 0 Å². The van der Waals surface area contributed by atoms with Gasteiger partial charge in [-0.25, -0.2) is 0 Å². The summed E-state index contributed by atoms with van der Waals surface area (Å²) in [7, 11) is 5.42. The van der Waals surface area contributed by atoms with E-state index in [9.17, 15) is 0 Å². The fourth-order valence-corrected chi connectivity index (χ4v) is 0. The van der Waals surface area contributed by atoms with Gasteiger partial charge in [0.1, 0.15) is 0 Å². The van der Waals surface area contributed by atoms with E-state index in [1.807, 2.05) is 20.8 Å². The topological polar surface area (TPSA) is 42.3 Å². The predicted molar refractivity (Wildman–Crippen MR) is 59.5 cm³/mol. The molecule has 0 aromatic carbocycles. The van der Waals surface area contributed by atoms with Crippen LogP contribution in [0, 0.1) is 0 Å². The molecule has 0 saturated carbocycles. The van der Waals surface area contributed by atoms with Crippen LogP contribution in [0.3, 0.4) is 0 Å². The van der Waals surface area contributed by atoms with Crippen LogP contribution in [0.4, 0.5) is 0 Å². The SMILES string of the molecule is CC[N-]C.CC[N-]C.CC[N-]C.[Y+3]. The second-order valence-electron chi connectivity index (χ2n) is 1.90. The second kappa shape index (κ2) is 38.2. The molecule has 4 heteroatoms. The fourth-order valence-electron chi connectivity index (χ4n) is 0. The summed E-state index contributed by atoms with van der Waals surface area (Å²) in [5.74, 6) is 0. The summed E-state index contributed by atoms with van der Waals surface area (Å²) in [6.07, 6.45) is 0. The van der Waals surface area contributed by atoms with Gasteiger partial charge in [0, 0.05) is 0 Å². The van der Waals surface area contributed by atoms with E-state index in [0.717, 1.165) is 19.6 Å². The Morgan fingerprint density at radius 1 is 0.615 bits per heavy atom. The van der Waals surface area contributed by atoms with Crippen molar-refractivity contribution >= 4 is 0 Å². The minimum Gasteiger partial charge on any atom is -0.665 e. The van der Waals surface area contributed by atoms with Gasteiger partial charge in [0.2, 0.25) is 0 Å². The average molecular weight is 263 g/mol. The van der Waals surface area contributed by atoms with Gasteiger partial charge in [-0.1, -0.05) is 20.8 Å². The van der Waals surface area contributed by atoms with Crippen molar-refractivity contribution in [1.29, 1.82) is 0 Å². The van der Waals surface area contributed by atoms with E-state index in [4.69, 9.17) is 0 Å². The van der Waals surface area contributed by atoms with Crippen LogP contribution in [0.2, 0.25) is 0 Å². The van der Waals surface area contributed by atoms with E-state index in [2.05, 4.69) is 16.0 Å². The first-order chi connectivity index (χ1) is 5.74. The van der Waals surface area contributed by atoms with Gasteiger partial charge in [-0.2, -0.15) is 40.8 Å². The van der Waals surface area contributed by atoms with Crippen LogP contribution in [0.25, 0.3) is 16.0 Å². The quantitative estimate of drug-likeness (QED) is 0.751. The summed E-state index contributed by atoms with van der Waals surface area (Å²) < 4.78 is 0. The maximum atomic E-state index is 3.74. The van der Waals surface area contributed by atoms with Crippen LogP contribution in [0.1, 0.15) is 20.8 Å². The van der Waals surface area contributed by atoms with E-state index >= 15 is 0 Å². The molecule has 0 radical (unpaired) electrons. The van der Waals surface area contributed by atoms with Crippen LogP contribution < -0.4 is 0 Å². The van der Waals surface area contributed by atoms with Gasteiger partial charge in [-0.15, -0.1) is 0 Å². The Hall–Kier alpha value is 0.984. The normalized spacial score (nSPS) is 6.92. The van der Waals surface area contributed by atoms with Gasteiger partial charge in [-0.3, -0.25) is 0 Å². The van der Waals surface area contributed by atoms with Gasteiger partial charge < -0.3 is 16.0 Å². The van der Waals surface area contributed by atoms with Gasteiger partial charge in [0.25, 0.3) is 0 Å². The zero-order valence-corrected chi connectivity index (χ0v) is 12.9. The maximum absolute atomic E-state index is 3.74. The fraction of sp³-hybridized carbons (Fsp3) is 1.00. The molecule has 0 rings (SSSR count). The van der Waals surface area contributed by atoms with Crippen LogP contribution in [-0.2, 0) is 32.7 Å². The minimum absolute atomic E-state index is 0. The standard InChI is InChI=1S/3C3H8N.Y/c3*1-3-4-2;/h3*3H2,1-2H3;/q3*-1;+3. The van der Waals surface area contributed by atoms with Crippen molar-refractivity contribution in [2.45, 2.75) is 20.8 Å². The van der Waals surface area contributed by atoms with Crippen LogP contribution >= 0.6 is 0 Å². The van der Waals surface area contributed by atoms with Gasteiger partial charge in [-0.05, 0) is 0 Å². The van der Waals surface area contributed by atoms with Crippen molar-refractivity contribution in [2.75, 3.05) is 40.8 Å². The molecule has 0 N–H and O–H groups in total. The Bertz CT molecular complexity index is 30.3. The molecule has 3 nitrogen and oxygen atoms in total. The third kappa shape index (κ3) is 98.7. The molecule has 0 spiro atoms. The van der Waals surface area contributed by atoms with Crippen LogP contribution in [-0.4, -0.2) is 40.8 Å². The Morgan fingerprint density at radius 2 is 0.692 bits per heavy atom. The summed E-state index contributed by atoms with van der Waals surface area (Å²) in [5, 5.41) is 11.2. The molecule has 13 heavy (non-hydrogen) atoms. The Balaban J connectivity index is -0.0000000450. The first kappa shape index (κ1) is 23.7. The smallest absolute Gasteiger partial charge is 0.665 e. The van der Waals surface area contributed by atoms with Crippen LogP contribution in [0.15, 0.2) is 0 Å². The minimum atomic E-state index is 0. The summed E-state index contributed by atoms with van der Waals surface area (Å²) >= 11 is 0. The molecule has 0 amide bonds. The average Bonchev–Trinajstić information content (AvgIpc) is 2.18. The zero-order chi connectivity index (χ0) is 10.2. The molecule has 0 aliphatic heterocycles. The first-order valence-electron chi connectivity index (χ1n) is 4.41. The zero-order valence-electron chi connectivity index (χ0n) is 10.0. The molecule has 0 aliphatic carbocycles. The van der Waals surface area contributed by atoms with Crippen molar-refractivity contribution in [2.24, 2.45) is 0 Å². The van der Waals surface area contributed by atoms with Crippen molar-refractivity contribution in [3.05, 3.63) is 16.0 Å². The van der Waals surface area contributed by atoms with Crippen molar-refractivity contribution in [3.8, 4) is 0 Å². The molecule has 0 atom stereocenters. The summed E-state index contributed by atoms with van der Waals surface area (Å²) in [5.41, 5.74) is 0. The molecule has 0 aromatic heterocycles. The number of hydrogen-bond donors (Lipinski definition) is 0. The molecule has 0 unspecified atom stereocenters. The third-order valence-electron chi connectivity index (χ3n) is 0.949. The second-order valence-corrected chi connectivity index (χ2v) is 1.90. The number of nitrogens with zero attached hydrogens (tertiary/aromatic N) is 3. The van der Waals surface area contributed by atoms with Gasteiger partial charge in [0.05, 0.1) is 0 Å². The Kier molecular flexibility index (Phi) is 69.6. The van der Waals surface area contributed by atoms with Crippen molar-refractivity contribution in [1.82, 2.24) is 0 Å². The van der Waals surface area contributed by atoms with Gasteiger partial charge in [0.15, 0.2) is 0 Å². The molecule has 0 bridgehead atoms. The third-order valence-corrected chi connectivity index (χ3v) is 0.949. The van der Waals surface area contributed by atoms with E-state index < -0.39 is 0 Å². The monoisotopic (exact) mass is 263 g/mol. The first-order valence-corrected chi connectivity index (χ1v) is 4.41. The van der Waals surface area contributed by atoms with E-state index in [1.54, 1.807) is 21.1 Å². The van der Waals surface area contributed by atoms with Gasteiger partial charge >= 0.3 is 32.7 Å². The summed E-state index contributed by atoms with van der Waals surface area (Å²) in [6.45, 7) is 8.88. The summed E-state index contributed by atoms with van der Waals surface area (Å²) in [6, 6.07) is 0. The molecule has 0 aromatic rings. The molecular formula is C9H24N3Y. The molecule has 0 aliphatic rings. The Morgan fingerprint density at radius 3 is 0.692 bits per heavy atom. The van der Waals surface area contributed by atoms with E-state index in [-0.39, 0.29) is 32.7 Å². The Labute approximate surface area is 110 Å². The number of rotatable bonds is 3. The summed E-state index contributed by atoms with van der Waals surface area (Å²) in [4.78, 5) is 0. The maximum Gasteiger partial charge on any atom is 3.00 e. The predicted octanol–water partition coefficient (Wildman–Crippen LogP) is 3.03. The van der Waals surface area contributed by atoms with E-state index in [0.29, 0.717) is 0 Å². The molecule has 0 heterocycles. The number of hydrogen-bond acceptors (Lipinski definition) is 0. The molecular weight excluding hydrogens is 239 g/mol. The molecule has 0 fully saturated rings. The largest absolute Gasteiger partial charge is 3.00 e. The molecule has 78 valence electrons.